The molecule has 0 spiro atoms. The van der Waals surface area contributed by atoms with Gasteiger partial charge < -0.3 is 5.32 Å². The molecule has 1 N–H and O–H groups in total. The topological polar surface area (TPSA) is 42.0 Å². The number of amides is 1. The monoisotopic (exact) mass is 286 g/mol. The molecule has 1 amide bonds. The smallest absolute Gasteiger partial charge is 0.252 e. The van der Waals surface area contributed by atoms with E-state index in [0.717, 1.165) is 27.7 Å². The fraction of sp³-hybridized carbons (Fsp3) is 0.0526. The molecule has 1 heterocycles. The third-order valence-corrected chi connectivity index (χ3v) is 3.94. The molecule has 4 rings (SSSR count). The van der Waals surface area contributed by atoms with Crippen molar-refractivity contribution in [1.82, 2.24) is 4.98 Å². The van der Waals surface area contributed by atoms with Crippen LogP contribution in [0.3, 0.4) is 0 Å². The number of carbonyl (C=O) groups excluding carboxylic acids is 1. The maximum Gasteiger partial charge on any atom is 0.252 e. The number of hydrogen-bond acceptors (Lipinski definition) is 2. The molecule has 2 aromatic carbocycles. The van der Waals surface area contributed by atoms with Crippen molar-refractivity contribution in [1.29, 1.82) is 0 Å². The Balaban J connectivity index is 1.63. The van der Waals surface area contributed by atoms with Gasteiger partial charge in [-0.3, -0.25) is 9.78 Å². The highest BCUT2D eigenvalue weighted by Gasteiger charge is 2.18. The van der Waals surface area contributed by atoms with E-state index < -0.39 is 0 Å². The van der Waals surface area contributed by atoms with E-state index in [-0.39, 0.29) is 5.91 Å². The van der Waals surface area contributed by atoms with Crippen LogP contribution in [-0.2, 0) is 11.2 Å². The molecule has 0 unspecified atom stereocenters. The predicted molar refractivity (Wildman–Crippen MR) is 88.5 cm³/mol. The molecule has 0 fully saturated rings. The molecule has 22 heavy (non-hydrogen) atoms. The third kappa shape index (κ3) is 2.17. The SMILES string of the molecule is O=C(Nc1cccc2cccnc12)C1=Cc2ccccc2C1. The zero-order valence-electron chi connectivity index (χ0n) is 11.9. The zero-order chi connectivity index (χ0) is 14.9. The minimum atomic E-state index is -0.0608. The maximum absolute atomic E-state index is 12.5. The van der Waals surface area contributed by atoms with E-state index >= 15 is 0 Å². The fourth-order valence-corrected chi connectivity index (χ4v) is 2.83. The second kappa shape index (κ2) is 5.11. The highest BCUT2D eigenvalue weighted by molar-refractivity contribution is 6.11. The molecular formula is C19H14N2O. The molecular weight excluding hydrogens is 272 g/mol. The molecule has 0 saturated carbocycles. The molecule has 3 heteroatoms. The zero-order valence-corrected chi connectivity index (χ0v) is 11.9. The van der Waals surface area contributed by atoms with E-state index in [0.29, 0.717) is 6.42 Å². The third-order valence-electron chi connectivity index (χ3n) is 3.94. The van der Waals surface area contributed by atoms with Gasteiger partial charge in [0.2, 0.25) is 0 Å². The van der Waals surface area contributed by atoms with Crippen LogP contribution in [0.1, 0.15) is 11.1 Å². The van der Waals surface area contributed by atoms with E-state index in [1.165, 1.54) is 5.56 Å². The van der Waals surface area contributed by atoms with Crippen LogP contribution in [0.5, 0.6) is 0 Å². The van der Waals surface area contributed by atoms with Gasteiger partial charge in [-0.2, -0.15) is 0 Å². The van der Waals surface area contributed by atoms with Crippen molar-refractivity contribution in [3.05, 3.63) is 77.5 Å². The maximum atomic E-state index is 12.5. The minimum Gasteiger partial charge on any atom is -0.320 e. The Morgan fingerprint density at radius 1 is 1.00 bits per heavy atom. The number of hydrogen-bond donors (Lipinski definition) is 1. The van der Waals surface area contributed by atoms with Crippen LogP contribution in [0.2, 0.25) is 0 Å². The van der Waals surface area contributed by atoms with E-state index in [1.54, 1.807) is 6.20 Å². The Morgan fingerprint density at radius 3 is 2.77 bits per heavy atom. The normalized spacial score (nSPS) is 12.8. The molecule has 0 bridgehead atoms. The van der Waals surface area contributed by atoms with Crippen LogP contribution in [0.4, 0.5) is 5.69 Å². The molecule has 0 aliphatic heterocycles. The van der Waals surface area contributed by atoms with Crippen molar-refractivity contribution in [3.8, 4) is 0 Å². The van der Waals surface area contributed by atoms with Gasteiger partial charge in [0, 0.05) is 23.6 Å². The first-order valence-electron chi connectivity index (χ1n) is 7.25. The summed E-state index contributed by atoms with van der Waals surface area (Å²) in [5.74, 6) is -0.0608. The summed E-state index contributed by atoms with van der Waals surface area (Å²) in [6.07, 6.45) is 4.38. The van der Waals surface area contributed by atoms with Crippen LogP contribution in [-0.4, -0.2) is 10.9 Å². The summed E-state index contributed by atoms with van der Waals surface area (Å²) in [4.78, 5) is 16.9. The second-order valence-corrected chi connectivity index (χ2v) is 5.38. The van der Waals surface area contributed by atoms with Crippen LogP contribution < -0.4 is 5.32 Å². The van der Waals surface area contributed by atoms with Gasteiger partial charge in [0.25, 0.3) is 5.91 Å². The van der Waals surface area contributed by atoms with Gasteiger partial charge in [0.1, 0.15) is 0 Å². The second-order valence-electron chi connectivity index (χ2n) is 5.38. The predicted octanol–water partition coefficient (Wildman–Crippen LogP) is 3.81. The number of benzene rings is 2. The lowest BCUT2D eigenvalue weighted by molar-refractivity contribution is -0.112. The molecule has 0 atom stereocenters. The number of pyridine rings is 1. The van der Waals surface area contributed by atoms with Crippen LogP contribution >= 0.6 is 0 Å². The highest BCUT2D eigenvalue weighted by Crippen LogP contribution is 2.27. The highest BCUT2D eigenvalue weighted by atomic mass is 16.1. The van der Waals surface area contributed by atoms with Crippen LogP contribution in [0.25, 0.3) is 17.0 Å². The number of nitrogens with one attached hydrogen (secondary N) is 1. The van der Waals surface area contributed by atoms with E-state index in [2.05, 4.69) is 16.4 Å². The van der Waals surface area contributed by atoms with Crippen molar-refractivity contribution in [2.24, 2.45) is 0 Å². The number of para-hydroxylation sites is 1. The summed E-state index contributed by atoms with van der Waals surface area (Å²) in [5.41, 5.74) is 4.68. The van der Waals surface area contributed by atoms with Crippen molar-refractivity contribution >= 4 is 28.6 Å². The Kier molecular flexibility index (Phi) is 2.97. The van der Waals surface area contributed by atoms with Crippen LogP contribution in [0.15, 0.2) is 66.4 Å². The molecule has 0 radical (unpaired) electrons. The van der Waals surface area contributed by atoms with Gasteiger partial charge in [-0.1, -0.05) is 42.5 Å². The Bertz CT molecular complexity index is 907. The van der Waals surface area contributed by atoms with Gasteiger partial charge in [0.15, 0.2) is 0 Å². The van der Waals surface area contributed by atoms with Gasteiger partial charge in [0.05, 0.1) is 11.2 Å². The number of anilines is 1. The summed E-state index contributed by atoms with van der Waals surface area (Å²) in [5, 5.41) is 4.01. The molecule has 3 nitrogen and oxygen atoms in total. The average molecular weight is 286 g/mol. The molecule has 1 aliphatic carbocycles. The van der Waals surface area contributed by atoms with Crippen molar-refractivity contribution in [2.75, 3.05) is 5.32 Å². The number of carbonyl (C=O) groups is 1. The number of aromatic nitrogens is 1. The first-order valence-corrected chi connectivity index (χ1v) is 7.25. The summed E-state index contributed by atoms with van der Waals surface area (Å²) >= 11 is 0. The fourth-order valence-electron chi connectivity index (χ4n) is 2.83. The van der Waals surface area contributed by atoms with E-state index in [4.69, 9.17) is 0 Å². The summed E-state index contributed by atoms with van der Waals surface area (Å²) in [7, 11) is 0. The van der Waals surface area contributed by atoms with E-state index in [9.17, 15) is 4.79 Å². The molecule has 1 aliphatic rings. The van der Waals surface area contributed by atoms with Gasteiger partial charge in [-0.15, -0.1) is 0 Å². The molecule has 106 valence electrons. The Morgan fingerprint density at radius 2 is 1.86 bits per heavy atom. The van der Waals surface area contributed by atoms with Gasteiger partial charge in [-0.05, 0) is 29.3 Å². The first kappa shape index (κ1) is 12.8. The molecule has 1 aromatic heterocycles. The molecule has 0 saturated heterocycles. The lowest BCUT2D eigenvalue weighted by Crippen LogP contribution is -2.14. The van der Waals surface area contributed by atoms with Crippen molar-refractivity contribution in [2.45, 2.75) is 6.42 Å². The van der Waals surface area contributed by atoms with Crippen molar-refractivity contribution < 1.29 is 4.79 Å². The lowest BCUT2D eigenvalue weighted by Gasteiger charge is -2.08. The minimum absolute atomic E-state index is 0.0608. The Hall–Kier alpha value is -2.94. The quantitative estimate of drug-likeness (QED) is 0.778. The first-order chi connectivity index (χ1) is 10.8. The van der Waals surface area contributed by atoms with Gasteiger partial charge in [-0.25, -0.2) is 0 Å². The van der Waals surface area contributed by atoms with Crippen LogP contribution in [0, 0.1) is 0 Å². The van der Waals surface area contributed by atoms with Gasteiger partial charge >= 0.3 is 0 Å². The Labute approximate surface area is 128 Å². The lowest BCUT2D eigenvalue weighted by atomic mass is 10.1. The number of rotatable bonds is 2. The van der Waals surface area contributed by atoms with Crippen molar-refractivity contribution in [3.63, 3.8) is 0 Å². The molecule has 3 aromatic rings. The number of fused-ring (bicyclic) bond motifs is 2. The summed E-state index contributed by atoms with van der Waals surface area (Å²) < 4.78 is 0. The average Bonchev–Trinajstić information content (AvgIpc) is 2.99. The summed E-state index contributed by atoms with van der Waals surface area (Å²) in [6.45, 7) is 0. The number of nitrogens with zero attached hydrogens (tertiary/aromatic N) is 1. The van der Waals surface area contributed by atoms with E-state index in [1.807, 2.05) is 54.6 Å². The largest absolute Gasteiger partial charge is 0.320 e. The standard InChI is InChI=1S/C19H14N2O/c22-19(16-11-14-5-1-2-6-15(14)12-16)21-17-9-3-7-13-8-4-10-20-18(13)17/h1-11H,12H2,(H,21,22). The summed E-state index contributed by atoms with van der Waals surface area (Å²) in [6, 6.07) is 17.8.